The van der Waals surface area contributed by atoms with Crippen molar-refractivity contribution in [2.75, 3.05) is 12.4 Å². The molecule has 30 heavy (non-hydrogen) atoms. The Bertz CT molecular complexity index is 1210. The van der Waals surface area contributed by atoms with Crippen LogP contribution in [-0.2, 0) is 4.79 Å². The molecule has 0 fully saturated rings. The van der Waals surface area contributed by atoms with Crippen molar-refractivity contribution in [2.24, 2.45) is 4.99 Å². The zero-order chi connectivity index (χ0) is 20.9. The lowest BCUT2D eigenvalue weighted by molar-refractivity contribution is 0.414. The van der Waals surface area contributed by atoms with E-state index in [9.17, 15) is 9.90 Å². The third-order valence-corrected chi connectivity index (χ3v) is 4.89. The summed E-state index contributed by atoms with van der Waals surface area (Å²) >= 11 is 0. The molecule has 4 aromatic rings. The first-order valence-electron chi connectivity index (χ1n) is 9.34. The quantitative estimate of drug-likeness (QED) is 0.349. The maximum atomic E-state index is 11.0. The van der Waals surface area contributed by atoms with Gasteiger partial charge >= 0.3 is 0 Å². The highest BCUT2D eigenvalue weighted by molar-refractivity contribution is 5.86. The van der Waals surface area contributed by atoms with Gasteiger partial charge in [0, 0.05) is 22.8 Å². The summed E-state index contributed by atoms with van der Waals surface area (Å²) in [5, 5.41) is 15.3. The third-order valence-electron chi connectivity index (χ3n) is 4.89. The monoisotopic (exact) mass is 397 g/mol. The van der Waals surface area contributed by atoms with Crippen molar-refractivity contribution in [1.29, 1.82) is 0 Å². The summed E-state index contributed by atoms with van der Waals surface area (Å²) < 4.78 is 5.27. The van der Waals surface area contributed by atoms with E-state index in [1.807, 2.05) is 60.7 Å². The molecule has 6 nitrogen and oxygen atoms in total. The van der Waals surface area contributed by atoms with Crippen molar-refractivity contribution in [3.8, 4) is 11.5 Å². The van der Waals surface area contributed by atoms with E-state index in [0.29, 0.717) is 16.8 Å². The minimum absolute atomic E-state index is 0.128. The number of fused-ring (bicyclic) bond motifs is 1. The summed E-state index contributed by atoms with van der Waals surface area (Å²) in [6.07, 6.45) is 3.19. The van der Waals surface area contributed by atoms with E-state index in [4.69, 9.17) is 4.74 Å². The molecule has 0 spiro atoms. The third kappa shape index (κ3) is 3.85. The number of aromatic hydroxyl groups is 1. The van der Waals surface area contributed by atoms with Gasteiger partial charge in [-0.15, -0.1) is 0 Å². The number of aromatic nitrogens is 1. The fraction of sp³-hybridized carbons (Fsp3) is 0.0833. The highest BCUT2D eigenvalue weighted by atomic mass is 16.5. The predicted octanol–water partition coefficient (Wildman–Crippen LogP) is 5.12. The maximum Gasteiger partial charge on any atom is 0.240 e. The molecule has 0 saturated carbocycles. The molecule has 148 valence electrons. The van der Waals surface area contributed by atoms with Crippen LogP contribution in [0.3, 0.4) is 0 Å². The zero-order valence-corrected chi connectivity index (χ0v) is 16.2. The van der Waals surface area contributed by atoms with Crippen LogP contribution in [0.25, 0.3) is 10.9 Å². The van der Waals surface area contributed by atoms with Gasteiger partial charge in [-0.05, 0) is 48.0 Å². The fourth-order valence-electron chi connectivity index (χ4n) is 3.37. The smallest absolute Gasteiger partial charge is 0.240 e. The Hall–Kier alpha value is -4.15. The van der Waals surface area contributed by atoms with E-state index in [2.05, 4.69) is 15.3 Å². The number of phenolic OH excluding ortho intramolecular Hbond substituents is 1. The highest BCUT2D eigenvalue weighted by Gasteiger charge is 2.20. The Labute approximate surface area is 173 Å². The molecule has 6 heteroatoms. The molecule has 0 radical (unpaired) electrons. The van der Waals surface area contributed by atoms with Crippen LogP contribution in [0.5, 0.6) is 11.5 Å². The molecule has 0 bridgehead atoms. The van der Waals surface area contributed by atoms with Crippen LogP contribution in [0.1, 0.15) is 17.2 Å². The van der Waals surface area contributed by atoms with E-state index in [1.165, 1.54) is 6.08 Å². The molecule has 2 N–H and O–H groups in total. The number of isocyanates is 1. The Morgan fingerprint density at radius 2 is 1.80 bits per heavy atom. The van der Waals surface area contributed by atoms with Crippen molar-refractivity contribution >= 4 is 28.4 Å². The van der Waals surface area contributed by atoms with Crippen molar-refractivity contribution in [1.82, 2.24) is 4.98 Å². The van der Waals surface area contributed by atoms with Gasteiger partial charge in [-0.25, -0.2) is 4.79 Å². The predicted molar refractivity (Wildman–Crippen MR) is 116 cm³/mol. The second kappa shape index (κ2) is 8.47. The van der Waals surface area contributed by atoms with Crippen molar-refractivity contribution < 1.29 is 14.6 Å². The summed E-state index contributed by atoms with van der Waals surface area (Å²) in [6.45, 7) is 0. The Balaban J connectivity index is 1.79. The van der Waals surface area contributed by atoms with Crippen LogP contribution in [0.2, 0.25) is 0 Å². The topological polar surface area (TPSA) is 83.8 Å². The number of nitrogens with one attached hydrogen (secondary N) is 1. The molecule has 1 aromatic heterocycles. The van der Waals surface area contributed by atoms with E-state index in [1.54, 1.807) is 25.4 Å². The van der Waals surface area contributed by atoms with Crippen LogP contribution in [0.4, 0.5) is 11.4 Å². The molecule has 0 amide bonds. The first-order chi connectivity index (χ1) is 14.7. The molecule has 3 aromatic carbocycles. The number of aliphatic imine (C=N–C) groups is 1. The number of pyridine rings is 1. The number of anilines is 1. The van der Waals surface area contributed by atoms with Crippen LogP contribution in [-0.4, -0.2) is 23.3 Å². The zero-order valence-electron chi connectivity index (χ0n) is 16.2. The first kappa shape index (κ1) is 19.2. The first-order valence-corrected chi connectivity index (χ1v) is 9.34. The number of phenols is 1. The van der Waals surface area contributed by atoms with Crippen molar-refractivity contribution in [3.63, 3.8) is 0 Å². The van der Waals surface area contributed by atoms with Gasteiger partial charge in [0.2, 0.25) is 6.08 Å². The minimum atomic E-state index is -0.345. The largest absolute Gasteiger partial charge is 0.505 e. The minimum Gasteiger partial charge on any atom is -0.505 e. The Morgan fingerprint density at radius 1 is 1.03 bits per heavy atom. The van der Waals surface area contributed by atoms with Gasteiger partial charge in [-0.2, -0.15) is 4.99 Å². The van der Waals surface area contributed by atoms with Crippen LogP contribution >= 0.6 is 0 Å². The Kier molecular flexibility index (Phi) is 5.42. The average Bonchev–Trinajstić information content (AvgIpc) is 2.80. The molecule has 1 atom stereocenters. The average molecular weight is 397 g/mol. The summed E-state index contributed by atoms with van der Waals surface area (Å²) in [7, 11) is 1.62. The lowest BCUT2D eigenvalue weighted by Gasteiger charge is -2.23. The van der Waals surface area contributed by atoms with Gasteiger partial charge in [-0.3, -0.25) is 4.98 Å². The lowest BCUT2D eigenvalue weighted by atomic mass is 9.96. The number of rotatable bonds is 6. The van der Waals surface area contributed by atoms with Gasteiger partial charge in [0.1, 0.15) is 17.0 Å². The Morgan fingerprint density at radius 3 is 2.50 bits per heavy atom. The molecule has 1 heterocycles. The molecular formula is C24H19N3O3. The van der Waals surface area contributed by atoms with Gasteiger partial charge in [-0.1, -0.05) is 30.3 Å². The summed E-state index contributed by atoms with van der Waals surface area (Å²) in [5.74, 6) is 0.876. The van der Waals surface area contributed by atoms with Gasteiger partial charge in [0.15, 0.2) is 0 Å². The molecule has 0 aliphatic carbocycles. The SMILES string of the molecule is COc1ccc(C(Nc2ccc(N=C=O)cc2)c2ccc3cccnc3c2O)cc1. The number of hydrogen-bond donors (Lipinski definition) is 2. The van der Waals surface area contributed by atoms with Crippen LogP contribution in [0.15, 0.2) is 84.0 Å². The number of methoxy groups -OCH3 is 1. The van der Waals surface area contributed by atoms with Crippen molar-refractivity contribution in [2.45, 2.75) is 6.04 Å². The standard InChI is InChI=1S/C24H19N3O3/c1-30-20-11-4-17(5-12-20)22(27-19-9-7-18(8-10-19)26-15-28)21-13-6-16-3-2-14-25-23(16)24(21)29/h2-14,22,27,29H,1H3. The molecule has 1 unspecified atom stereocenters. The highest BCUT2D eigenvalue weighted by Crippen LogP contribution is 2.37. The lowest BCUT2D eigenvalue weighted by Crippen LogP contribution is -2.13. The van der Waals surface area contributed by atoms with E-state index in [0.717, 1.165) is 22.4 Å². The number of carbonyl (C=O) groups excluding carboxylic acids is 1. The van der Waals surface area contributed by atoms with Gasteiger partial charge in [0.25, 0.3) is 0 Å². The van der Waals surface area contributed by atoms with E-state index >= 15 is 0 Å². The van der Waals surface area contributed by atoms with Gasteiger partial charge in [0.05, 0.1) is 18.8 Å². The summed E-state index contributed by atoms with van der Waals surface area (Å²) in [4.78, 5) is 18.4. The molecule has 4 rings (SSSR count). The maximum absolute atomic E-state index is 11.0. The number of hydrogen-bond acceptors (Lipinski definition) is 6. The number of ether oxygens (including phenoxy) is 1. The molecule has 0 aliphatic rings. The normalized spacial score (nSPS) is 11.5. The van der Waals surface area contributed by atoms with E-state index < -0.39 is 0 Å². The second-order valence-electron chi connectivity index (χ2n) is 6.68. The molecule has 0 saturated heterocycles. The van der Waals surface area contributed by atoms with E-state index in [-0.39, 0.29) is 11.8 Å². The second-order valence-corrected chi connectivity index (χ2v) is 6.68. The summed E-state index contributed by atoms with van der Waals surface area (Å²) in [5.41, 5.74) is 3.51. The number of nitrogens with zero attached hydrogens (tertiary/aromatic N) is 2. The summed E-state index contributed by atoms with van der Waals surface area (Å²) in [6, 6.07) is 22.0. The fourth-order valence-corrected chi connectivity index (χ4v) is 3.37. The van der Waals surface area contributed by atoms with Gasteiger partial charge < -0.3 is 15.2 Å². The molecular weight excluding hydrogens is 378 g/mol. The van der Waals surface area contributed by atoms with Crippen molar-refractivity contribution in [3.05, 3.63) is 90.1 Å². The van der Waals surface area contributed by atoms with Crippen LogP contribution < -0.4 is 10.1 Å². The molecule has 0 aliphatic heterocycles. The van der Waals surface area contributed by atoms with Crippen LogP contribution in [0, 0.1) is 0 Å². The number of benzene rings is 3.